The molecule has 0 aromatic carbocycles. The fourth-order valence-electron chi connectivity index (χ4n) is 2.06. The van der Waals surface area contributed by atoms with Crippen molar-refractivity contribution in [3.63, 3.8) is 0 Å². The lowest BCUT2D eigenvalue weighted by molar-refractivity contribution is 0.645. The van der Waals surface area contributed by atoms with Gasteiger partial charge in [-0.25, -0.2) is 0 Å². The molecule has 1 aliphatic rings. The topological polar surface area (TPSA) is 34.0 Å². The van der Waals surface area contributed by atoms with Crippen LogP contribution in [0.3, 0.4) is 0 Å². The third-order valence-electron chi connectivity index (χ3n) is 3.42. The second-order valence-electron chi connectivity index (χ2n) is 5.08. The Balaban J connectivity index is 2.25. The highest BCUT2D eigenvalue weighted by atomic mass is 16.1. The molecule has 0 bridgehead atoms. The van der Waals surface area contributed by atoms with Crippen LogP contribution in [-0.4, -0.2) is 4.57 Å². The van der Waals surface area contributed by atoms with E-state index >= 15 is 0 Å². The van der Waals surface area contributed by atoms with Gasteiger partial charge in [0, 0.05) is 30.0 Å². The number of nitrogens with zero attached hydrogens (tertiary/aromatic N) is 1. The van der Waals surface area contributed by atoms with Crippen molar-refractivity contribution in [1.82, 2.24) is 9.88 Å². The highest BCUT2D eigenvalue weighted by molar-refractivity contribution is 5.51. The van der Waals surface area contributed by atoms with E-state index in [1.54, 1.807) is 0 Å². The minimum Gasteiger partial charge on any atom is -0.384 e. The molecule has 0 spiro atoms. The fourth-order valence-corrected chi connectivity index (χ4v) is 2.06. The normalized spacial score (nSPS) is 12.9. The third kappa shape index (κ3) is 2.26. The quantitative estimate of drug-likeness (QED) is 0.882. The zero-order chi connectivity index (χ0) is 13.3. The number of aryl methyl sites for hydroxylation is 1. The Hall–Kier alpha value is -1.77. The molecule has 2 rings (SSSR count). The molecule has 1 N–H and O–H groups in total. The molecule has 0 atom stereocenters. The number of pyridine rings is 1. The highest BCUT2D eigenvalue weighted by Gasteiger charge is 2.13. The summed E-state index contributed by atoms with van der Waals surface area (Å²) in [6.07, 6.45) is 4.01. The van der Waals surface area contributed by atoms with Gasteiger partial charge in [-0.15, -0.1) is 0 Å². The number of allylic oxidation sites excluding steroid dienone is 2. The summed E-state index contributed by atoms with van der Waals surface area (Å²) in [5, 5.41) is 3.24. The number of nitrogens with one attached hydrogen (secondary N) is 1. The van der Waals surface area contributed by atoms with Crippen molar-refractivity contribution in [2.75, 3.05) is 0 Å². The van der Waals surface area contributed by atoms with Gasteiger partial charge in [-0.2, -0.15) is 0 Å². The molecular formula is C15H20N2O. The first-order chi connectivity index (χ1) is 8.50. The van der Waals surface area contributed by atoms with Crippen LogP contribution in [0.1, 0.15) is 30.7 Å². The first kappa shape index (κ1) is 12.7. The van der Waals surface area contributed by atoms with Gasteiger partial charge in [0.05, 0.1) is 0 Å². The Kier molecular flexibility index (Phi) is 3.41. The fraction of sp³-hybridized carbons (Fsp3) is 0.400. The van der Waals surface area contributed by atoms with Crippen molar-refractivity contribution in [3.05, 3.63) is 51.6 Å². The summed E-state index contributed by atoms with van der Waals surface area (Å²) in [5.41, 5.74) is 3.96. The van der Waals surface area contributed by atoms with E-state index in [-0.39, 0.29) is 5.56 Å². The van der Waals surface area contributed by atoms with Crippen LogP contribution in [0, 0.1) is 12.8 Å². The minimum atomic E-state index is 0.110. The first-order valence-corrected chi connectivity index (χ1v) is 6.33. The van der Waals surface area contributed by atoms with Crippen LogP contribution in [0.2, 0.25) is 0 Å². The number of aromatic nitrogens is 1. The van der Waals surface area contributed by atoms with Gasteiger partial charge in [-0.05, 0) is 30.5 Å². The van der Waals surface area contributed by atoms with Crippen LogP contribution in [-0.2, 0) is 13.1 Å². The largest absolute Gasteiger partial charge is 0.384 e. The summed E-state index contributed by atoms with van der Waals surface area (Å²) in [7, 11) is 0. The van der Waals surface area contributed by atoms with E-state index in [0.29, 0.717) is 19.0 Å². The lowest BCUT2D eigenvalue weighted by Gasteiger charge is -2.15. The molecule has 0 radical (unpaired) electrons. The van der Waals surface area contributed by atoms with Crippen molar-refractivity contribution in [1.29, 1.82) is 0 Å². The molecular weight excluding hydrogens is 224 g/mol. The van der Waals surface area contributed by atoms with Gasteiger partial charge in [0.2, 0.25) is 0 Å². The molecule has 96 valence electrons. The number of hydrogen-bond donors (Lipinski definition) is 1. The monoisotopic (exact) mass is 244 g/mol. The second-order valence-corrected chi connectivity index (χ2v) is 5.08. The van der Waals surface area contributed by atoms with Gasteiger partial charge in [-0.1, -0.05) is 26.5 Å². The molecule has 1 aliphatic heterocycles. The van der Waals surface area contributed by atoms with Crippen LogP contribution in [0.25, 0.3) is 6.08 Å². The summed E-state index contributed by atoms with van der Waals surface area (Å²) in [4.78, 5) is 12.3. The van der Waals surface area contributed by atoms with Gasteiger partial charge in [0.25, 0.3) is 5.56 Å². The molecule has 3 nitrogen and oxygen atoms in total. The van der Waals surface area contributed by atoms with Crippen molar-refractivity contribution in [2.24, 2.45) is 5.92 Å². The molecule has 1 aromatic rings. The van der Waals surface area contributed by atoms with Crippen molar-refractivity contribution in [2.45, 2.75) is 33.9 Å². The first-order valence-electron chi connectivity index (χ1n) is 6.33. The maximum absolute atomic E-state index is 12.3. The summed E-state index contributed by atoms with van der Waals surface area (Å²) in [6, 6.07) is 2.07. The molecule has 1 aromatic heterocycles. The molecule has 18 heavy (non-hydrogen) atoms. The Morgan fingerprint density at radius 2 is 2.28 bits per heavy atom. The zero-order valence-corrected chi connectivity index (χ0v) is 11.3. The molecule has 0 amide bonds. The summed E-state index contributed by atoms with van der Waals surface area (Å²) < 4.78 is 1.81. The summed E-state index contributed by atoms with van der Waals surface area (Å²) >= 11 is 0. The Labute approximate surface area is 108 Å². The zero-order valence-electron chi connectivity index (χ0n) is 11.3. The molecule has 0 saturated carbocycles. The van der Waals surface area contributed by atoms with Crippen LogP contribution < -0.4 is 10.9 Å². The van der Waals surface area contributed by atoms with Gasteiger partial charge in [-0.3, -0.25) is 4.79 Å². The van der Waals surface area contributed by atoms with Crippen molar-refractivity contribution >= 4 is 6.08 Å². The van der Waals surface area contributed by atoms with Gasteiger partial charge < -0.3 is 9.88 Å². The van der Waals surface area contributed by atoms with Crippen molar-refractivity contribution in [3.8, 4) is 0 Å². The molecule has 0 fully saturated rings. The van der Waals surface area contributed by atoms with E-state index < -0.39 is 0 Å². The lowest BCUT2D eigenvalue weighted by Crippen LogP contribution is -2.28. The smallest absolute Gasteiger partial charge is 0.256 e. The number of hydrogen-bond acceptors (Lipinski definition) is 2. The highest BCUT2D eigenvalue weighted by Crippen LogP contribution is 2.14. The van der Waals surface area contributed by atoms with E-state index in [1.807, 2.05) is 23.6 Å². The van der Waals surface area contributed by atoms with Gasteiger partial charge >= 0.3 is 0 Å². The Morgan fingerprint density at radius 3 is 2.94 bits per heavy atom. The predicted octanol–water partition coefficient (Wildman–Crippen LogP) is 2.44. The van der Waals surface area contributed by atoms with Crippen LogP contribution in [0.15, 0.2) is 29.2 Å². The Bertz CT molecular complexity index is 565. The maximum atomic E-state index is 12.3. The minimum absolute atomic E-state index is 0.110. The van der Waals surface area contributed by atoms with E-state index in [4.69, 9.17) is 0 Å². The van der Waals surface area contributed by atoms with E-state index in [9.17, 15) is 4.79 Å². The Morgan fingerprint density at radius 1 is 1.56 bits per heavy atom. The summed E-state index contributed by atoms with van der Waals surface area (Å²) in [5.74, 6) is 0.379. The lowest BCUT2D eigenvalue weighted by atomic mass is 10.1. The van der Waals surface area contributed by atoms with Gasteiger partial charge in [0.1, 0.15) is 0 Å². The average Bonchev–Trinajstić information content (AvgIpc) is 2.76. The van der Waals surface area contributed by atoms with E-state index in [1.165, 1.54) is 0 Å². The van der Waals surface area contributed by atoms with Crippen molar-refractivity contribution < 1.29 is 0 Å². The standard InChI is InChI=1S/C15H20N2O/c1-10(2)12(4)16-9-14-11(3)8-13-6-5-7-17(13)15(14)18/h5-6,8,10,16H,4,7,9H2,1-3H3. The van der Waals surface area contributed by atoms with Crippen LogP contribution in [0.4, 0.5) is 0 Å². The molecule has 0 unspecified atom stereocenters. The van der Waals surface area contributed by atoms with E-state index in [2.05, 4.69) is 31.8 Å². The maximum Gasteiger partial charge on any atom is 0.256 e. The number of rotatable bonds is 4. The summed E-state index contributed by atoms with van der Waals surface area (Å²) in [6.45, 7) is 11.4. The van der Waals surface area contributed by atoms with Gasteiger partial charge in [0.15, 0.2) is 0 Å². The van der Waals surface area contributed by atoms with E-state index in [0.717, 1.165) is 22.5 Å². The third-order valence-corrected chi connectivity index (χ3v) is 3.42. The molecule has 2 heterocycles. The van der Waals surface area contributed by atoms with Crippen LogP contribution >= 0.6 is 0 Å². The van der Waals surface area contributed by atoms with Crippen LogP contribution in [0.5, 0.6) is 0 Å². The SMILES string of the molecule is C=C(NCc1c(C)cc2n(c1=O)CC=C2)C(C)C. The second kappa shape index (κ2) is 4.84. The predicted molar refractivity (Wildman–Crippen MR) is 75.3 cm³/mol. The molecule has 0 aliphatic carbocycles. The average molecular weight is 244 g/mol. The molecule has 3 heteroatoms. The molecule has 0 saturated heterocycles. The number of fused-ring (bicyclic) bond motifs is 1.